The van der Waals surface area contributed by atoms with Crippen LogP contribution in [0, 0.1) is 6.92 Å². The van der Waals surface area contributed by atoms with Gasteiger partial charge in [-0.3, -0.25) is 4.79 Å². The molecular weight excluding hydrogens is 231 g/mol. The third-order valence-corrected chi connectivity index (χ3v) is 2.80. The number of hydrogen-bond acceptors (Lipinski definition) is 3. The molecule has 0 aliphatic heterocycles. The highest BCUT2D eigenvalue weighted by atomic mass is 35.5. The Hall–Kier alpha value is -0.320. The second-order valence-electron chi connectivity index (χ2n) is 2.38. The van der Waals surface area contributed by atoms with Gasteiger partial charge in [-0.2, -0.15) is 0 Å². The number of nitrogens with zero attached hydrogens (tertiary/aromatic N) is 1. The van der Waals surface area contributed by atoms with Gasteiger partial charge in [0, 0.05) is 4.88 Å². The van der Waals surface area contributed by atoms with E-state index in [9.17, 15) is 4.79 Å². The number of alkyl halides is 1. The molecule has 0 atom stereocenters. The van der Waals surface area contributed by atoms with Crippen molar-refractivity contribution >= 4 is 40.4 Å². The van der Waals surface area contributed by atoms with Crippen LogP contribution in [0.4, 0.5) is 0 Å². The topological polar surface area (TPSA) is 42.0 Å². The largest absolute Gasteiger partial charge is 0.349 e. The number of carbonyl (C=O) groups is 1. The van der Waals surface area contributed by atoms with Gasteiger partial charge in [0.05, 0.1) is 12.2 Å². The number of carbonyl (C=O) groups excluding carboxylic acids is 1. The number of aromatic nitrogens is 1. The maximum absolute atomic E-state index is 10.8. The minimum atomic E-state index is -0.204. The Kier molecular flexibility index (Phi) is 3.96. The zero-order chi connectivity index (χ0) is 9.84. The first-order chi connectivity index (χ1) is 6.13. The second kappa shape index (κ2) is 4.79. The van der Waals surface area contributed by atoms with Crippen molar-refractivity contribution in [1.29, 1.82) is 0 Å². The first-order valence-electron chi connectivity index (χ1n) is 3.58. The van der Waals surface area contributed by atoms with Crippen LogP contribution in [0.25, 0.3) is 0 Å². The van der Waals surface area contributed by atoms with E-state index in [-0.39, 0.29) is 11.8 Å². The Morgan fingerprint density at radius 2 is 2.38 bits per heavy atom. The summed E-state index contributed by atoms with van der Waals surface area (Å²) in [5.41, 5.74) is 0.800. The quantitative estimate of drug-likeness (QED) is 0.819. The molecule has 1 rings (SSSR count). The molecule has 0 aromatic carbocycles. The highest BCUT2D eigenvalue weighted by Crippen LogP contribution is 2.21. The molecule has 0 unspecified atom stereocenters. The Morgan fingerprint density at radius 3 is 2.85 bits per heavy atom. The average molecular weight is 239 g/mol. The fourth-order valence-corrected chi connectivity index (χ4v) is 1.97. The smallest absolute Gasteiger partial charge is 0.235 e. The van der Waals surface area contributed by atoms with E-state index in [1.165, 1.54) is 11.3 Å². The molecule has 0 aliphatic carbocycles. The molecule has 3 nitrogen and oxygen atoms in total. The molecule has 72 valence electrons. The molecule has 1 heterocycles. The third kappa shape index (κ3) is 3.14. The predicted octanol–water partition coefficient (Wildman–Crippen LogP) is 1.96. The summed E-state index contributed by atoms with van der Waals surface area (Å²) in [5.74, 6) is -0.234. The molecule has 0 aliphatic rings. The maximum Gasteiger partial charge on any atom is 0.235 e. The summed E-state index contributed by atoms with van der Waals surface area (Å²) in [6.45, 7) is 2.30. The van der Waals surface area contributed by atoms with Gasteiger partial charge in [-0.05, 0) is 6.92 Å². The van der Waals surface area contributed by atoms with E-state index in [0.717, 1.165) is 10.6 Å². The summed E-state index contributed by atoms with van der Waals surface area (Å²) in [7, 11) is 0. The summed E-state index contributed by atoms with van der Waals surface area (Å²) >= 11 is 12.4. The number of nitrogens with one attached hydrogen (secondary N) is 1. The molecular formula is C7H8Cl2N2OS. The van der Waals surface area contributed by atoms with Crippen molar-refractivity contribution < 1.29 is 4.79 Å². The van der Waals surface area contributed by atoms with Crippen molar-refractivity contribution in [3.05, 3.63) is 15.0 Å². The maximum atomic E-state index is 10.8. The van der Waals surface area contributed by atoms with Gasteiger partial charge in [0.25, 0.3) is 0 Å². The number of amides is 1. The summed E-state index contributed by atoms with van der Waals surface area (Å²) < 4.78 is 0.493. The Labute approximate surface area is 90.1 Å². The summed E-state index contributed by atoms with van der Waals surface area (Å²) in [6, 6.07) is 0. The van der Waals surface area contributed by atoms with Crippen LogP contribution in [-0.4, -0.2) is 16.8 Å². The zero-order valence-corrected chi connectivity index (χ0v) is 9.26. The van der Waals surface area contributed by atoms with Crippen LogP contribution in [0.2, 0.25) is 4.47 Å². The van der Waals surface area contributed by atoms with Gasteiger partial charge >= 0.3 is 0 Å². The third-order valence-electron chi connectivity index (χ3n) is 1.44. The second-order valence-corrected chi connectivity index (χ2v) is 4.43. The van der Waals surface area contributed by atoms with Gasteiger partial charge < -0.3 is 5.32 Å². The van der Waals surface area contributed by atoms with Crippen LogP contribution in [0.15, 0.2) is 0 Å². The lowest BCUT2D eigenvalue weighted by atomic mass is 10.4. The molecule has 6 heteroatoms. The zero-order valence-electron chi connectivity index (χ0n) is 6.93. The first-order valence-corrected chi connectivity index (χ1v) is 5.31. The lowest BCUT2D eigenvalue weighted by molar-refractivity contribution is -0.118. The molecule has 1 aromatic heterocycles. The van der Waals surface area contributed by atoms with Crippen LogP contribution in [-0.2, 0) is 11.3 Å². The lowest BCUT2D eigenvalue weighted by Gasteiger charge is -1.99. The van der Waals surface area contributed by atoms with E-state index in [0.29, 0.717) is 11.0 Å². The van der Waals surface area contributed by atoms with Gasteiger partial charge in [-0.15, -0.1) is 22.9 Å². The minimum Gasteiger partial charge on any atom is -0.349 e. The minimum absolute atomic E-state index is 0.0308. The number of rotatable bonds is 3. The van der Waals surface area contributed by atoms with Crippen LogP contribution >= 0.6 is 34.5 Å². The van der Waals surface area contributed by atoms with Gasteiger partial charge in [0.1, 0.15) is 5.88 Å². The fourth-order valence-electron chi connectivity index (χ4n) is 0.786. The van der Waals surface area contributed by atoms with Gasteiger partial charge in [-0.1, -0.05) is 11.6 Å². The first kappa shape index (κ1) is 10.8. The molecule has 1 amide bonds. The standard InChI is InChI=1S/C7H8Cl2N2OS/c1-4-5(11-7(9)13-4)3-10-6(12)2-8/h2-3H2,1H3,(H,10,12). The Bertz CT molecular complexity index is 313. The molecule has 0 saturated carbocycles. The molecule has 0 saturated heterocycles. The van der Waals surface area contributed by atoms with E-state index in [4.69, 9.17) is 23.2 Å². The van der Waals surface area contributed by atoms with Crippen molar-refractivity contribution in [1.82, 2.24) is 10.3 Å². The van der Waals surface area contributed by atoms with Gasteiger partial charge in [0.2, 0.25) is 5.91 Å². The molecule has 0 spiro atoms. The number of hydrogen-bond donors (Lipinski definition) is 1. The highest BCUT2D eigenvalue weighted by Gasteiger charge is 2.06. The van der Waals surface area contributed by atoms with E-state index in [1.807, 2.05) is 6.92 Å². The van der Waals surface area contributed by atoms with Crippen molar-refractivity contribution in [2.24, 2.45) is 0 Å². The molecule has 0 bridgehead atoms. The van der Waals surface area contributed by atoms with Crippen LogP contribution < -0.4 is 5.32 Å². The lowest BCUT2D eigenvalue weighted by Crippen LogP contribution is -2.24. The van der Waals surface area contributed by atoms with E-state index in [2.05, 4.69) is 10.3 Å². The molecule has 0 radical (unpaired) electrons. The average Bonchev–Trinajstić information content (AvgIpc) is 2.41. The van der Waals surface area contributed by atoms with Crippen molar-refractivity contribution in [2.75, 3.05) is 5.88 Å². The van der Waals surface area contributed by atoms with E-state index < -0.39 is 0 Å². The van der Waals surface area contributed by atoms with Gasteiger partial charge in [0.15, 0.2) is 4.47 Å². The van der Waals surface area contributed by atoms with Crippen LogP contribution in [0.3, 0.4) is 0 Å². The molecule has 1 aromatic rings. The summed E-state index contributed by atoms with van der Waals surface area (Å²) in [5, 5.41) is 2.62. The Morgan fingerprint density at radius 1 is 1.69 bits per heavy atom. The fraction of sp³-hybridized carbons (Fsp3) is 0.429. The molecule has 1 N–H and O–H groups in total. The van der Waals surface area contributed by atoms with Crippen molar-refractivity contribution in [3.63, 3.8) is 0 Å². The highest BCUT2D eigenvalue weighted by molar-refractivity contribution is 7.15. The number of thiazole rings is 1. The van der Waals surface area contributed by atoms with E-state index in [1.54, 1.807) is 0 Å². The normalized spacial score (nSPS) is 10.1. The van der Waals surface area contributed by atoms with Gasteiger partial charge in [-0.25, -0.2) is 4.98 Å². The van der Waals surface area contributed by atoms with Crippen molar-refractivity contribution in [3.8, 4) is 0 Å². The molecule has 0 fully saturated rings. The summed E-state index contributed by atoms with van der Waals surface area (Å²) in [6.07, 6.45) is 0. The van der Waals surface area contributed by atoms with Crippen molar-refractivity contribution in [2.45, 2.75) is 13.5 Å². The number of aryl methyl sites for hydroxylation is 1. The molecule has 13 heavy (non-hydrogen) atoms. The SMILES string of the molecule is Cc1sc(Cl)nc1CNC(=O)CCl. The Balaban J connectivity index is 2.54. The number of halogens is 2. The summed E-state index contributed by atoms with van der Waals surface area (Å²) in [4.78, 5) is 15.9. The van der Waals surface area contributed by atoms with Crippen LogP contribution in [0.1, 0.15) is 10.6 Å². The monoisotopic (exact) mass is 238 g/mol. The van der Waals surface area contributed by atoms with Crippen LogP contribution in [0.5, 0.6) is 0 Å². The van der Waals surface area contributed by atoms with E-state index >= 15 is 0 Å². The predicted molar refractivity (Wildman–Crippen MR) is 54.4 cm³/mol.